The molecule has 0 fully saturated rings. The monoisotopic (exact) mass is 496 g/mol. The van der Waals surface area contributed by atoms with Gasteiger partial charge in [0.2, 0.25) is 5.91 Å². The third kappa shape index (κ3) is 6.14. The molecular formula is C27H32N2O5S. The summed E-state index contributed by atoms with van der Waals surface area (Å²) >= 11 is 0. The number of carbonyl (C=O) groups is 1. The number of anilines is 1. The van der Waals surface area contributed by atoms with Crippen molar-refractivity contribution in [1.29, 1.82) is 0 Å². The lowest BCUT2D eigenvalue weighted by Gasteiger charge is -2.26. The van der Waals surface area contributed by atoms with Crippen LogP contribution in [-0.2, 0) is 14.8 Å². The number of hydrogen-bond acceptors (Lipinski definition) is 5. The molecule has 1 atom stereocenters. The number of ether oxygens (including phenoxy) is 2. The van der Waals surface area contributed by atoms with Crippen LogP contribution in [-0.4, -0.2) is 35.1 Å². The highest BCUT2D eigenvalue weighted by Gasteiger charge is 2.28. The average molecular weight is 497 g/mol. The van der Waals surface area contributed by atoms with Gasteiger partial charge in [-0.25, -0.2) is 8.42 Å². The van der Waals surface area contributed by atoms with Gasteiger partial charge in [-0.3, -0.25) is 9.10 Å². The van der Waals surface area contributed by atoms with Gasteiger partial charge in [0.1, 0.15) is 18.0 Å². The molecule has 0 aliphatic heterocycles. The number of nitrogens with one attached hydrogen (secondary N) is 1. The highest BCUT2D eigenvalue weighted by Crippen LogP contribution is 2.30. The Bertz CT molecular complexity index is 1240. The zero-order chi connectivity index (χ0) is 25.6. The summed E-state index contributed by atoms with van der Waals surface area (Å²) in [6.07, 6.45) is 0. The molecule has 0 aliphatic carbocycles. The van der Waals surface area contributed by atoms with E-state index in [1.165, 1.54) is 12.1 Å². The molecule has 0 unspecified atom stereocenters. The van der Waals surface area contributed by atoms with Gasteiger partial charge in [-0.1, -0.05) is 44.2 Å². The molecule has 3 rings (SSSR count). The molecule has 0 aromatic heterocycles. The smallest absolute Gasteiger partial charge is 0.264 e. The SMILES string of the molecule is COc1ccc(OC)c([C@H](C)NC(=O)CN(c2ccc(C(C)C)cc2)S(=O)(=O)c2ccccc2)c1. The summed E-state index contributed by atoms with van der Waals surface area (Å²) in [5.41, 5.74) is 2.22. The highest BCUT2D eigenvalue weighted by atomic mass is 32.2. The third-order valence-electron chi connectivity index (χ3n) is 5.75. The minimum atomic E-state index is -3.98. The van der Waals surface area contributed by atoms with E-state index in [2.05, 4.69) is 19.2 Å². The van der Waals surface area contributed by atoms with Crippen molar-refractivity contribution in [2.75, 3.05) is 25.1 Å². The molecule has 1 N–H and O–H groups in total. The summed E-state index contributed by atoms with van der Waals surface area (Å²) in [4.78, 5) is 13.2. The molecule has 7 nitrogen and oxygen atoms in total. The fraction of sp³-hybridized carbons (Fsp3) is 0.296. The molecule has 35 heavy (non-hydrogen) atoms. The van der Waals surface area contributed by atoms with Gasteiger partial charge in [0.05, 0.1) is 30.8 Å². The second-order valence-electron chi connectivity index (χ2n) is 8.47. The summed E-state index contributed by atoms with van der Waals surface area (Å²) < 4.78 is 38.9. The Morgan fingerprint density at radius 2 is 1.57 bits per heavy atom. The molecule has 1 amide bonds. The predicted molar refractivity (Wildman–Crippen MR) is 138 cm³/mol. The Labute approximate surface area is 207 Å². The largest absolute Gasteiger partial charge is 0.497 e. The van der Waals surface area contributed by atoms with Crippen LogP contribution >= 0.6 is 0 Å². The van der Waals surface area contributed by atoms with E-state index in [0.29, 0.717) is 23.1 Å². The lowest BCUT2D eigenvalue weighted by atomic mass is 10.0. The molecule has 0 saturated carbocycles. The Morgan fingerprint density at radius 3 is 2.14 bits per heavy atom. The van der Waals surface area contributed by atoms with E-state index in [1.54, 1.807) is 62.8 Å². The van der Waals surface area contributed by atoms with Crippen molar-refractivity contribution in [3.8, 4) is 11.5 Å². The molecule has 3 aromatic carbocycles. The van der Waals surface area contributed by atoms with Crippen LogP contribution in [0.4, 0.5) is 5.69 Å². The minimum absolute atomic E-state index is 0.114. The van der Waals surface area contributed by atoms with Crippen molar-refractivity contribution in [2.45, 2.75) is 37.6 Å². The van der Waals surface area contributed by atoms with Crippen molar-refractivity contribution < 1.29 is 22.7 Å². The maximum atomic E-state index is 13.5. The van der Waals surface area contributed by atoms with Crippen molar-refractivity contribution >= 4 is 21.6 Å². The van der Waals surface area contributed by atoms with Gasteiger partial charge in [0.15, 0.2) is 0 Å². The molecule has 186 valence electrons. The number of carbonyl (C=O) groups excluding carboxylic acids is 1. The van der Waals surface area contributed by atoms with E-state index in [9.17, 15) is 13.2 Å². The lowest BCUT2D eigenvalue weighted by molar-refractivity contribution is -0.120. The zero-order valence-electron chi connectivity index (χ0n) is 20.7. The number of amides is 1. The molecule has 3 aromatic rings. The summed E-state index contributed by atoms with van der Waals surface area (Å²) in [6.45, 7) is 5.56. The number of sulfonamides is 1. The molecule has 8 heteroatoms. The van der Waals surface area contributed by atoms with E-state index in [1.807, 2.05) is 19.1 Å². The van der Waals surface area contributed by atoms with Crippen LogP contribution in [0.5, 0.6) is 11.5 Å². The van der Waals surface area contributed by atoms with Crippen LogP contribution in [0.2, 0.25) is 0 Å². The standard InChI is InChI=1S/C27H32N2O5S/c1-19(2)21-11-13-22(14-12-21)29(35(31,32)24-9-7-6-8-10-24)18-27(30)28-20(3)25-17-23(33-4)15-16-26(25)34-5/h6-17,19-20H,18H2,1-5H3,(H,28,30)/t20-/m0/s1. The first-order chi connectivity index (χ1) is 16.7. The van der Waals surface area contributed by atoms with E-state index in [4.69, 9.17) is 9.47 Å². The Hall–Kier alpha value is -3.52. The van der Waals surface area contributed by atoms with Gasteiger partial charge in [0, 0.05) is 5.56 Å². The molecule has 0 aliphatic rings. The van der Waals surface area contributed by atoms with E-state index >= 15 is 0 Å². The topological polar surface area (TPSA) is 84.9 Å². The molecule has 0 saturated heterocycles. The summed E-state index contributed by atoms with van der Waals surface area (Å²) in [7, 11) is -0.867. The fourth-order valence-corrected chi connectivity index (χ4v) is 5.18. The second kappa shape index (κ2) is 11.3. The summed E-state index contributed by atoms with van der Waals surface area (Å²) in [6, 6.07) is 20.2. The first-order valence-corrected chi connectivity index (χ1v) is 12.8. The number of nitrogens with zero attached hydrogens (tertiary/aromatic N) is 1. The van der Waals surface area contributed by atoms with Gasteiger partial charge < -0.3 is 14.8 Å². The molecule has 0 radical (unpaired) electrons. The molecule has 0 heterocycles. The normalized spacial score (nSPS) is 12.2. The zero-order valence-corrected chi connectivity index (χ0v) is 21.5. The molecule has 0 bridgehead atoms. The number of hydrogen-bond donors (Lipinski definition) is 1. The van der Waals surface area contributed by atoms with E-state index < -0.39 is 22.0 Å². The summed E-state index contributed by atoms with van der Waals surface area (Å²) in [5, 5.41) is 2.90. The summed E-state index contributed by atoms with van der Waals surface area (Å²) in [5.74, 6) is 1.07. The first kappa shape index (κ1) is 26.1. The first-order valence-electron chi connectivity index (χ1n) is 11.4. The molecule has 0 spiro atoms. The maximum absolute atomic E-state index is 13.5. The molecular weight excluding hydrogens is 464 g/mol. The van der Waals surface area contributed by atoms with Crippen molar-refractivity contribution in [1.82, 2.24) is 5.32 Å². The maximum Gasteiger partial charge on any atom is 0.264 e. The van der Waals surface area contributed by atoms with Gasteiger partial charge in [-0.15, -0.1) is 0 Å². The van der Waals surface area contributed by atoms with Crippen LogP contribution in [0.15, 0.2) is 77.7 Å². The van der Waals surface area contributed by atoms with Crippen molar-refractivity contribution in [3.63, 3.8) is 0 Å². The van der Waals surface area contributed by atoms with Crippen LogP contribution in [0.25, 0.3) is 0 Å². The Kier molecular flexibility index (Phi) is 8.40. The number of rotatable bonds is 10. The Morgan fingerprint density at radius 1 is 0.914 bits per heavy atom. The average Bonchev–Trinajstić information content (AvgIpc) is 2.87. The van der Waals surface area contributed by atoms with Gasteiger partial charge >= 0.3 is 0 Å². The van der Waals surface area contributed by atoms with E-state index in [-0.39, 0.29) is 11.4 Å². The van der Waals surface area contributed by atoms with Gasteiger partial charge in [-0.05, 0) is 60.9 Å². The highest BCUT2D eigenvalue weighted by molar-refractivity contribution is 7.92. The third-order valence-corrected chi connectivity index (χ3v) is 7.54. The van der Waals surface area contributed by atoms with Crippen molar-refractivity contribution in [2.24, 2.45) is 0 Å². The van der Waals surface area contributed by atoms with Gasteiger partial charge in [0.25, 0.3) is 10.0 Å². The van der Waals surface area contributed by atoms with Crippen LogP contribution < -0.4 is 19.1 Å². The van der Waals surface area contributed by atoms with Crippen LogP contribution in [0.1, 0.15) is 43.9 Å². The minimum Gasteiger partial charge on any atom is -0.497 e. The quantitative estimate of drug-likeness (QED) is 0.432. The predicted octanol–water partition coefficient (Wildman–Crippen LogP) is 4.90. The second-order valence-corrected chi connectivity index (χ2v) is 10.3. The van der Waals surface area contributed by atoms with Crippen molar-refractivity contribution in [3.05, 3.63) is 83.9 Å². The Balaban J connectivity index is 1.91. The lowest BCUT2D eigenvalue weighted by Crippen LogP contribution is -2.41. The van der Waals surface area contributed by atoms with Crippen LogP contribution in [0, 0.1) is 0 Å². The van der Waals surface area contributed by atoms with E-state index in [0.717, 1.165) is 15.4 Å². The van der Waals surface area contributed by atoms with Gasteiger partial charge in [-0.2, -0.15) is 0 Å². The fourth-order valence-electron chi connectivity index (χ4n) is 3.73. The number of methoxy groups -OCH3 is 2. The number of benzene rings is 3. The van der Waals surface area contributed by atoms with Crippen LogP contribution in [0.3, 0.4) is 0 Å².